The second-order valence-electron chi connectivity index (χ2n) is 3.72. The Morgan fingerprint density at radius 1 is 1.36 bits per heavy atom. The normalized spacial score (nSPS) is 10.9. The van der Waals surface area contributed by atoms with Crippen molar-refractivity contribution in [3.8, 4) is 0 Å². The monoisotopic (exact) mass is 188 g/mol. The van der Waals surface area contributed by atoms with Gasteiger partial charge < -0.3 is 10.7 Å². The molecule has 0 unspecified atom stereocenters. The van der Waals surface area contributed by atoms with Crippen molar-refractivity contribution in [3.63, 3.8) is 0 Å². The van der Waals surface area contributed by atoms with Crippen LogP contribution in [0.5, 0.6) is 0 Å². The second-order valence-corrected chi connectivity index (χ2v) is 3.72. The first kappa shape index (κ1) is 9.13. The number of benzene rings is 1. The average Bonchev–Trinajstić information content (AvgIpc) is 2.61. The third-order valence-electron chi connectivity index (χ3n) is 2.61. The Balaban J connectivity index is 2.38. The molecule has 0 aliphatic heterocycles. The van der Waals surface area contributed by atoms with Gasteiger partial charge in [0.2, 0.25) is 0 Å². The van der Waals surface area contributed by atoms with Gasteiger partial charge in [-0.05, 0) is 42.0 Å². The number of anilines is 1. The van der Waals surface area contributed by atoms with Crippen LogP contribution in [0.2, 0.25) is 0 Å². The van der Waals surface area contributed by atoms with E-state index in [2.05, 4.69) is 24.0 Å². The van der Waals surface area contributed by atoms with Gasteiger partial charge in [-0.2, -0.15) is 0 Å². The molecule has 2 aromatic rings. The molecule has 0 saturated carbocycles. The molecule has 2 nitrogen and oxygen atoms in total. The molecule has 0 radical (unpaired) electrons. The van der Waals surface area contributed by atoms with E-state index in [1.54, 1.807) is 0 Å². The zero-order chi connectivity index (χ0) is 9.97. The highest BCUT2D eigenvalue weighted by Gasteiger charge is 2.02. The highest BCUT2D eigenvalue weighted by atomic mass is 14.7. The number of hydrogen-bond acceptors (Lipinski definition) is 1. The molecular weight excluding hydrogens is 172 g/mol. The fourth-order valence-electron chi connectivity index (χ4n) is 1.75. The van der Waals surface area contributed by atoms with Crippen LogP contribution in [0.4, 0.5) is 5.69 Å². The lowest BCUT2D eigenvalue weighted by Crippen LogP contribution is -1.94. The summed E-state index contributed by atoms with van der Waals surface area (Å²) < 4.78 is 0. The van der Waals surface area contributed by atoms with E-state index in [0.29, 0.717) is 0 Å². The van der Waals surface area contributed by atoms with Crippen LogP contribution in [0.1, 0.15) is 25.3 Å². The van der Waals surface area contributed by atoms with Gasteiger partial charge in [-0.3, -0.25) is 0 Å². The zero-order valence-electron chi connectivity index (χ0n) is 8.51. The molecule has 0 spiro atoms. The Morgan fingerprint density at radius 2 is 2.21 bits per heavy atom. The van der Waals surface area contributed by atoms with Crippen LogP contribution in [0.3, 0.4) is 0 Å². The molecule has 1 heterocycles. The lowest BCUT2D eigenvalue weighted by molar-refractivity contribution is 0.797. The van der Waals surface area contributed by atoms with E-state index in [4.69, 9.17) is 5.73 Å². The van der Waals surface area contributed by atoms with Crippen LogP contribution < -0.4 is 5.73 Å². The number of aromatic nitrogens is 1. The van der Waals surface area contributed by atoms with E-state index >= 15 is 0 Å². The summed E-state index contributed by atoms with van der Waals surface area (Å²) >= 11 is 0. The van der Waals surface area contributed by atoms with Crippen LogP contribution in [0, 0.1) is 0 Å². The molecule has 0 saturated heterocycles. The number of H-pyrrole nitrogens is 1. The van der Waals surface area contributed by atoms with E-state index in [9.17, 15) is 0 Å². The maximum atomic E-state index is 5.97. The van der Waals surface area contributed by atoms with Crippen LogP contribution >= 0.6 is 0 Å². The number of nitrogens with two attached hydrogens (primary N) is 1. The molecular formula is C12H16N2. The molecule has 2 heteroatoms. The molecule has 0 amide bonds. The molecule has 0 atom stereocenters. The number of hydrogen-bond donors (Lipinski definition) is 2. The van der Waals surface area contributed by atoms with Crippen molar-refractivity contribution in [2.24, 2.45) is 0 Å². The Kier molecular flexibility index (Phi) is 2.44. The number of unbranched alkanes of at least 4 members (excludes halogenated alkanes) is 1. The summed E-state index contributed by atoms with van der Waals surface area (Å²) in [6, 6.07) is 6.31. The highest BCUT2D eigenvalue weighted by molar-refractivity contribution is 5.84. The van der Waals surface area contributed by atoms with Gasteiger partial charge >= 0.3 is 0 Å². The van der Waals surface area contributed by atoms with E-state index in [-0.39, 0.29) is 0 Å². The Labute approximate surface area is 84.1 Å². The van der Waals surface area contributed by atoms with Gasteiger partial charge in [0, 0.05) is 17.4 Å². The summed E-state index contributed by atoms with van der Waals surface area (Å²) in [5.74, 6) is 0. The van der Waals surface area contributed by atoms with Crippen molar-refractivity contribution in [2.75, 3.05) is 5.73 Å². The van der Waals surface area contributed by atoms with Crippen LogP contribution in [-0.4, -0.2) is 4.98 Å². The Morgan fingerprint density at radius 3 is 3.00 bits per heavy atom. The number of fused-ring (bicyclic) bond motifs is 1. The van der Waals surface area contributed by atoms with Crippen molar-refractivity contribution < 1.29 is 0 Å². The van der Waals surface area contributed by atoms with Crippen LogP contribution in [0.25, 0.3) is 10.9 Å². The molecule has 74 valence electrons. The molecule has 0 aliphatic carbocycles. The van der Waals surface area contributed by atoms with Crippen molar-refractivity contribution in [2.45, 2.75) is 26.2 Å². The van der Waals surface area contributed by atoms with Gasteiger partial charge in [0.1, 0.15) is 0 Å². The van der Waals surface area contributed by atoms with Gasteiger partial charge in [0.15, 0.2) is 0 Å². The molecule has 3 N–H and O–H groups in total. The SMILES string of the molecule is CCCCc1cc2cc[nH]c2cc1N. The summed E-state index contributed by atoms with van der Waals surface area (Å²) in [5.41, 5.74) is 9.28. The van der Waals surface area contributed by atoms with Gasteiger partial charge in [0.05, 0.1) is 0 Å². The van der Waals surface area contributed by atoms with Crippen molar-refractivity contribution in [1.29, 1.82) is 0 Å². The van der Waals surface area contributed by atoms with Crippen molar-refractivity contribution in [3.05, 3.63) is 30.0 Å². The smallest absolute Gasteiger partial charge is 0.0474 e. The minimum atomic E-state index is 0.911. The fraction of sp³-hybridized carbons (Fsp3) is 0.333. The molecule has 1 aromatic heterocycles. The minimum absolute atomic E-state index is 0.911. The highest BCUT2D eigenvalue weighted by Crippen LogP contribution is 2.22. The lowest BCUT2D eigenvalue weighted by Gasteiger charge is -2.04. The first-order valence-electron chi connectivity index (χ1n) is 5.16. The number of nitrogens with one attached hydrogen (secondary N) is 1. The predicted molar refractivity (Wildman–Crippen MR) is 61.3 cm³/mol. The topological polar surface area (TPSA) is 41.8 Å². The molecule has 1 aromatic carbocycles. The fourth-order valence-corrected chi connectivity index (χ4v) is 1.75. The van der Waals surface area contributed by atoms with E-state index < -0.39 is 0 Å². The van der Waals surface area contributed by atoms with Gasteiger partial charge in [-0.25, -0.2) is 0 Å². The summed E-state index contributed by atoms with van der Waals surface area (Å²) in [7, 11) is 0. The Hall–Kier alpha value is -1.44. The quantitative estimate of drug-likeness (QED) is 0.714. The zero-order valence-corrected chi connectivity index (χ0v) is 8.51. The van der Waals surface area contributed by atoms with Crippen LogP contribution in [-0.2, 0) is 6.42 Å². The summed E-state index contributed by atoms with van der Waals surface area (Å²) in [4.78, 5) is 3.16. The Bertz CT molecular complexity index is 429. The number of nitrogen functional groups attached to an aromatic ring is 1. The van der Waals surface area contributed by atoms with Gasteiger partial charge in [0.25, 0.3) is 0 Å². The maximum Gasteiger partial charge on any atom is 0.0474 e. The first-order valence-corrected chi connectivity index (χ1v) is 5.16. The average molecular weight is 188 g/mol. The van der Waals surface area contributed by atoms with Crippen molar-refractivity contribution in [1.82, 2.24) is 4.98 Å². The lowest BCUT2D eigenvalue weighted by atomic mass is 10.0. The van der Waals surface area contributed by atoms with Crippen molar-refractivity contribution >= 4 is 16.6 Å². The van der Waals surface area contributed by atoms with E-state index in [1.165, 1.54) is 23.8 Å². The molecule has 2 rings (SSSR count). The third-order valence-corrected chi connectivity index (χ3v) is 2.61. The molecule has 0 fully saturated rings. The maximum absolute atomic E-state index is 5.97. The molecule has 14 heavy (non-hydrogen) atoms. The van der Waals surface area contributed by atoms with Gasteiger partial charge in [-0.15, -0.1) is 0 Å². The minimum Gasteiger partial charge on any atom is -0.398 e. The van der Waals surface area contributed by atoms with Gasteiger partial charge in [-0.1, -0.05) is 13.3 Å². The number of aryl methyl sites for hydroxylation is 1. The summed E-state index contributed by atoms with van der Waals surface area (Å²) in [6.45, 7) is 2.20. The molecule has 0 bridgehead atoms. The molecule has 0 aliphatic rings. The van der Waals surface area contributed by atoms with E-state index in [0.717, 1.165) is 17.6 Å². The predicted octanol–water partition coefficient (Wildman–Crippen LogP) is 3.09. The summed E-state index contributed by atoms with van der Waals surface area (Å²) in [6.07, 6.45) is 5.46. The largest absolute Gasteiger partial charge is 0.398 e. The standard InChI is InChI=1S/C12H16N2/c1-2-3-4-9-7-10-5-6-14-12(10)8-11(9)13/h5-8,14H,2-4,13H2,1H3. The number of rotatable bonds is 3. The number of aromatic amines is 1. The summed E-state index contributed by atoms with van der Waals surface area (Å²) in [5, 5.41) is 1.25. The van der Waals surface area contributed by atoms with Crippen LogP contribution in [0.15, 0.2) is 24.4 Å². The third kappa shape index (κ3) is 1.60. The first-order chi connectivity index (χ1) is 6.81. The second kappa shape index (κ2) is 3.74. The van der Waals surface area contributed by atoms with E-state index in [1.807, 2.05) is 12.3 Å².